The molecule has 0 spiro atoms. The summed E-state index contributed by atoms with van der Waals surface area (Å²) in [6.07, 6.45) is 1.97. The van der Waals surface area contributed by atoms with Crippen LogP contribution in [0.15, 0.2) is 18.2 Å². The smallest absolute Gasteiger partial charge is 0.127 e. The number of nitrogens with two attached hydrogens (primary N) is 1. The summed E-state index contributed by atoms with van der Waals surface area (Å²) in [5, 5.41) is 0. The van der Waals surface area contributed by atoms with Gasteiger partial charge in [-0.3, -0.25) is 11.3 Å². The number of ether oxygens (including phenoxy) is 2. The lowest BCUT2D eigenvalue weighted by molar-refractivity contribution is 0.100. The Bertz CT molecular complexity index is 382. The minimum Gasteiger partial charge on any atom is -0.493 e. The van der Waals surface area contributed by atoms with Crippen LogP contribution in [0.4, 0.5) is 0 Å². The number of hydrogen-bond acceptors (Lipinski definition) is 4. The molecule has 0 aliphatic carbocycles. The van der Waals surface area contributed by atoms with Crippen molar-refractivity contribution < 1.29 is 9.47 Å². The second-order valence-electron chi connectivity index (χ2n) is 4.44. The van der Waals surface area contributed by atoms with Gasteiger partial charge >= 0.3 is 0 Å². The van der Waals surface area contributed by atoms with E-state index in [0.717, 1.165) is 30.8 Å². The molecule has 0 fully saturated rings. The fourth-order valence-electron chi connectivity index (χ4n) is 2.23. The van der Waals surface area contributed by atoms with Crippen molar-refractivity contribution in [3.05, 3.63) is 29.3 Å². The number of hydrogen-bond donors (Lipinski definition) is 2. The Morgan fingerprint density at radius 1 is 1.53 bits per heavy atom. The molecule has 1 aliphatic heterocycles. The summed E-state index contributed by atoms with van der Waals surface area (Å²) in [5.41, 5.74) is 5.26. The quantitative estimate of drug-likeness (QED) is 0.601. The standard InChI is InChI=1S/C13H20N2O2/c1-9(16-2)8-12(15-14)11-5-3-4-10-6-7-17-13(10)11/h3-5,9,12,15H,6-8,14H2,1-2H3. The summed E-state index contributed by atoms with van der Waals surface area (Å²) in [6, 6.07) is 6.30. The molecule has 0 saturated heterocycles. The lowest BCUT2D eigenvalue weighted by atomic mass is 9.98. The average molecular weight is 236 g/mol. The molecule has 4 heteroatoms. The van der Waals surface area contributed by atoms with Crippen molar-refractivity contribution in [1.29, 1.82) is 0 Å². The van der Waals surface area contributed by atoms with Crippen molar-refractivity contribution >= 4 is 0 Å². The van der Waals surface area contributed by atoms with Crippen molar-refractivity contribution in [2.24, 2.45) is 5.84 Å². The topological polar surface area (TPSA) is 56.5 Å². The molecule has 2 rings (SSSR count). The molecule has 0 radical (unpaired) electrons. The Morgan fingerprint density at radius 3 is 3.06 bits per heavy atom. The Morgan fingerprint density at radius 2 is 2.35 bits per heavy atom. The maximum absolute atomic E-state index is 5.69. The van der Waals surface area contributed by atoms with E-state index in [1.165, 1.54) is 5.56 Å². The lowest BCUT2D eigenvalue weighted by Crippen LogP contribution is -2.31. The first-order chi connectivity index (χ1) is 8.26. The van der Waals surface area contributed by atoms with Crippen molar-refractivity contribution in [3.8, 4) is 5.75 Å². The van der Waals surface area contributed by atoms with Crippen LogP contribution in [-0.2, 0) is 11.2 Å². The summed E-state index contributed by atoms with van der Waals surface area (Å²) < 4.78 is 11.0. The lowest BCUT2D eigenvalue weighted by Gasteiger charge is -2.21. The third-order valence-electron chi connectivity index (χ3n) is 3.29. The monoisotopic (exact) mass is 236 g/mol. The number of methoxy groups -OCH3 is 1. The first-order valence-electron chi connectivity index (χ1n) is 5.99. The van der Waals surface area contributed by atoms with E-state index in [1.807, 2.05) is 6.92 Å². The Hall–Kier alpha value is -1.10. The van der Waals surface area contributed by atoms with Crippen LogP contribution in [0.25, 0.3) is 0 Å². The predicted molar refractivity (Wildman–Crippen MR) is 66.8 cm³/mol. The Balaban J connectivity index is 2.22. The Kier molecular flexibility index (Phi) is 3.99. The molecule has 17 heavy (non-hydrogen) atoms. The number of fused-ring (bicyclic) bond motifs is 1. The molecule has 2 atom stereocenters. The SMILES string of the molecule is COC(C)CC(NN)c1cccc2c1OCC2. The fraction of sp³-hybridized carbons (Fsp3) is 0.538. The molecule has 1 aromatic rings. The second kappa shape index (κ2) is 5.49. The van der Waals surface area contributed by atoms with Gasteiger partial charge in [-0.05, 0) is 18.9 Å². The van der Waals surface area contributed by atoms with Crippen LogP contribution < -0.4 is 16.0 Å². The third kappa shape index (κ3) is 2.60. The molecular weight excluding hydrogens is 216 g/mol. The van der Waals surface area contributed by atoms with Crippen LogP contribution in [0.2, 0.25) is 0 Å². The summed E-state index contributed by atoms with van der Waals surface area (Å²) >= 11 is 0. The highest BCUT2D eigenvalue weighted by molar-refractivity contribution is 5.45. The van der Waals surface area contributed by atoms with Crippen molar-refractivity contribution in [1.82, 2.24) is 5.43 Å². The number of rotatable bonds is 5. The molecule has 2 unspecified atom stereocenters. The predicted octanol–water partition coefficient (Wildman–Crippen LogP) is 1.55. The van der Waals surface area contributed by atoms with Crippen molar-refractivity contribution in [2.75, 3.05) is 13.7 Å². The molecule has 0 aromatic heterocycles. The van der Waals surface area contributed by atoms with Crippen LogP contribution >= 0.6 is 0 Å². The Labute approximate surface area is 102 Å². The molecule has 0 saturated carbocycles. The molecule has 1 aromatic carbocycles. The van der Waals surface area contributed by atoms with E-state index in [4.69, 9.17) is 15.3 Å². The van der Waals surface area contributed by atoms with Crippen LogP contribution in [0, 0.1) is 0 Å². The van der Waals surface area contributed by atoms with E-state index in [-0.39, 0.29) is 12.1 Å². The van der Waals surface area contributed by atoms with Crippen LogP contribution in [0.3, 0.4) is 0 Å². The summed E-state index contributed by atoms with van der Waals surface area (Å²) in [4.78, 5) is 0. The van der Waals surface area contributed by atoms with Gasteiger partial charge < -0.3 is 9.47 Å². The van der Waals surface area contributed by atoms with Gasteiger partial charge in [-0.15, -0.1) is 0 Å². The van der Waals surface area contributed by atoms with Crippen molar-refractivity contribution in [2.45, 2.75) is 31.9 Å². The van der Waals surface area contributed by atoms with E-state index >= 15 is 0 Å². The van der Waals surface area contributed by atoms with Gasteiger partial charge in [-0.1, -0.05) is 18.2 Å². The molecule has 0 amide bonds. The van der Waals surface area contributed by atoms with Gasteiger partial charge in [-0.25, -0.2) is 0 Å². The minimum atomic E-state index is 0.0676. The molecule has 94 valence electrons. The normalized spacial score (nSPS) is 17.4. The van der Waals surface area contributed by atoms with E-state index in [1.54, 1.807) is 7.11 Å². The van der Waals surface area contributed by atoms with Crippen LogP contribution in [0.5, 0.6) is 5.75 Å². The van der Waals surface area contributed by atoms with Crippen LogP contribution in [-0.4, -0.2) is 19.8 Å². The molecule has 4 nitrogen and oxygen atoms in total. The fourth-order valence-corrected chi connectivity index (χ4v) is 2.23. The highest BCUT2D eigenvalue weighted by Crippen LogP contribution is 2.34. The molecule has 0 bridgehead atoms. The van der Waals surface area contributed by atoms with E-state index < -0.39 is 0 Å². The van der Waals surface area contributed by atoms with Gasteiger partial charge in [0.1, 0.15) is 5.75 Å². The highest BCUT2D eigenvalue weighted by Gasteiger charge is 2.22. The van der Waals surface area contributed by atoms with Gasteiger partial charge in [0, 0.05) is 19.1 Å². The molecular formula is C13H20N2O2. The third-order valence-corrected chi connectivity index (χ3v) is 3.29. The largest absolute Gasteiger partial charge is 0.493 e. The maximum atomic E-state index is 5.69. The zero-order valence-corrected chi connectivity index (χ0v) is 10.4. The number of para-hydroxylation sites is 1. The number of hydrazine groups is 1. The maximum Gasteiger partial charge on any atom is 0.127 e. The number of benzene rings is 1. The van der Waals surface area contributed by atoms with Gasteiger partial charge in [0.25, 0.3) is 0 Å². The average Bonchev–Trinajstić information content (AvgIpc) is 2.83. The van der Waals surface area contributed by atoms with E-state index in [2.05, 4.69) is 23.6 Å². The van der Waals surface area contributed by atoms with Gasteiger partial charge in [-0.2, -0.15) is 0 Å². The molecule has 3 N–H and O–H groups in total. The molecule has 1 aliphatic rings. The molecule has 1 heterocycles. The zero-order valence-electron chi connectivity index (χ0n) is 10.4. The zero-order chi connectivity index (χ0) is 12.3. The second-order valence-corrected chi connectivity index (χ2v) is 4.44. The summed E-state index contributed by atoms with van der Waals surface area (Å²) in [6.45, 7) is 2.80. The highest BCUT2D eigenvalue weighted by atomic mass is 16.5. The first kappa shape index (κ1) is 12.4. The van der Waals surface area contributed by atoms with Gasteiger partial charge in [0.05, 0.1) is 18.8 Å². The van der Waals surface area contributed by atoms with Gasteiger partial charge in [0.15, 0.2) is 0 Å². The minimum absolute atomic E-state index is 0.0676. The van der Waals surface area contributed by atoms with Crippen molar-refractivity contribution in [3.63, 3.8) is 0 Å². The number of nitrogens with one attached hydrogen (secondary N) is 1. The van der Waals surface area contributed by atoms with E-state index in [9.17, 15) is 0 Å². The van der Waals surface area contributed by atoms with Gasteiger partial charge in [0.2, 0.25) is 0 Å². The van der Waals surface area contributed by atoms with Crippen LogP contribution in [0.1, 0.15) is 30.5 Å². The summed E-state index contributed by atoms with van der Waals surface area (Å²) in [5.74, 6) is 6.64. The van der Waals surface area contributed by atoms with E-state index in [0.29, 0.717) is 0 Å². The summed E-state index contributed by atoms with van der Waals surface area (Å²) in [7, 11) is 1.71. The first-order valence-corrected chi connectivity index (χ1v) is 5.99.